The van der Waals surface area contributed by atoms with Gasteiger partial charge in [0.1, 0.15) is 0 Å². The van der Waals surface area contributed by atoms with Gasteiger partial charge in [-0.1, -0.05) is 18.2 Å². The van der Waals surface area contributed by atoms with Crippen LogP contribution >= 0.6 is 23.7 Å². The summed E-state index contributed by atoms with van der Waals surface area (Å²) in [7, 11) is 0. The van der Waals surface area contributed by atoms with Crippen LogP contribution in [0.4, 0.5) is 0 Å². The minimum atomic E-state index is 1.20. The molecule has 11 heavy (non-hydrogen) atoms. The van der Waals surface area contributed by atoms with Gasteiger partial charge in [-0.2, -0.15) is 0 Å². The summed E-state index contributed by atoms with van der Waals surface area (Å²) in [4.78, 5) is 1.20. The number of halogens is 1. The molecule has 0 fully saturated rings. The van der Waals surface area contributed by atoms with Gasteiger partial charge in [-0.3, -0.25) is 0 Å². The highest BCUT2D eigenvalue weighted by molar-refractivity contribution is 7.98. The predicted molar refractivity (Wildman–Crippen MR) is 49.0 cm³/mol. The molecule has 1 aliphatic heterocycles. The summed E-state index contributed by atoms with van der Waals surface area (Å²) < 4.78 is 1.57. The molecule has 0 spiro atoms. The van der Waals surface area contributed by atoms with Crippen molar-refractivity contribution >= 4 is 29.8 Å². The Morgan fingerprint density at radius 2 is 2.09 bits per heavy atom. The fourth-order valence-corrected chi connectivity index (χ4v) is 1.93. The van der Waals surface area contributed by atoms with Crippen LogP contribution in [-0.2, 0) is 0 Å². The van der Waals surface area contributed by atoms with Gasteiger partial charge in [-0.05, 0) is 17.7 Å². The van der Waals surface area contributed by atoms with Crippen molar-refractivity contribution in [2.75, 3.05) is 0 Å². The Bertz CT molecular complexity index is 298. The standard InChI is InChI=1S/C8H6ClNS/c9-10-6-5-7-3-1-2-4-8(7)11-10/h1-6H. The SMILES string of the molecule is ClN1C=Cc2ccccc2S1. The van der Waals surface area contributed by atoms with Crippen LogP contribution in [0, 0.1) is 0 Å². The van der Waals surface area contributed by atoms with Gasteiger partial charge in [-0.25, -0.2) is 3.82 Å². The second kappa shape index (κ2) is 2.80. The first-order chi connectivity index (χ1) is 5.36. The minimum Gasteiger partial charge on any atom is -0.229 e. The van der Waals surface area contributed by atoms with Crippen molar-refractivity contribution in [3.8, 4) is 0 Å². The molecule has 0 aromatic heterocycles. The van der Waals surface area contributed by atoms with Crippen LogP contribution in [0.2, 0.25) is 0 Å². The van der Waals surface area contributed by atoms with Crippen LogP contribution < -0.4 is 0 Å². The molecule has 0 bridgehead atoms. The zero-order valence-electron chi connectivity index (χ0n) is 5.70. The van der Waals surface area contributed by atoms with Crippen molar-refractivity contribution in [2.24, 2.45) is 0 Å². The molecule has 2 rings (SSSR count). The predicted octanol–water partition coefficient (Wildman–Crippen LogP) is 3.13. The van der Waals surface area contributed by atoms with E-state index in [-0.39, 0.29) is 0 Å². The molecule has 0 unspecified atom stereocenters. The van der Waals surface area contributed by atoms with Crippen molar-refractivity contribution in [2.45, 2.75) is 4.90 Å². The Kier molecular flexibility index (Phi) is 1.80. The molecule has 1 nitrogen and oxygen atoms in total. The monoisotopic (exact) mass is 183 g/mol. The lowest BCUT2D eigenvalue weighted by Gasteiger charge is -2.15. The molecule has 0 amide bonds. The molecular weight excluding hydrogens is 178 g/mol. The van der Waals surface area contributed by atoms with Gasteiger partial charge in [0, 0.05) is 34.8 Å². The highest BCUT2D eigenvalue weighted by Crippen LogP contribution is 2.32. The number of fused-ring (bicyclic) bond motifs is 1. The lowest BCUT2D eigenvalue weighted by Crippen LogP contribution is -1.96. The molecule has 0 saturated carbocycles. The molecule has 0 N–H and O–H groups in total. The summed E-state index contributed by atoms with van der Waals surface area (Å²) in [6.07, 6.45) is 3.84. The number of benzene rings is 1. The molecule has 56 valence electrons. The average molecular weight is 184 g/mol. The summed E-state index contributed by atoms with van der Waals surface area (Å²) in [6.45, 7) is 0. The Labute approximate surface area is 74.9 Å². The van der Waals surface area contributed by atoms with Crippen LogP contribution in [0.1, 0.15) is 5.56 Å². The van der Waals surface area contributed by atoms with Crippen LogP contribution in [0.25, 0.3) is 6.08 Å². The molecule has 0 saturated heterocycles. The topological polar surface area (TPSA) is 3.24 Å². The average Bonchev–Trinajstić information content (AvgIpc) is 2.04. The summed E-state index contributed by atoms with van der Waals surface area (Å²) in [5, 5.41) is 0. The van der Waals surface area contributed by atoms with E-state index < -0.39 is 0 Å². The Morgan fingerprint density at radius 1 is 1.27 bits per heavy atom. The Morgan fingerprint density at radius 3 is 3.00 bits per heavy atom. The third-order valence-corrected chi connectivity index (χ3v) is 2.66. The van der Waals surface area contributed by atoms with Gasteiger partial charge in [0.25, 0.3) is 0 Å². The van der Waals surface area contributed by atoms with Gasteiger partial charge in [0.05, 0.1) is 0 Å². The first kappa shape index (κ1) is 7.07. The molecular formula is C8H6ClNS. The minimum absolute atomic E-state index is 1.20. The molecule has 0 aliphatic carbocycles. The van der Waals surface area contributed by atoms with E-state index in [2.05, 4.69) is 12.1 Å². The third kappa shape index (κ3) is 1.37. The summed E-state index contributed by atoms with van der Waals surface area (Å²) in [5.74, 6) is 0. The molecule has 3 heteroatoms. The van der Waals surface area contributed by atoms with E-state index in [0.717, 1.165) is 0 Å². The maximum Gasteiger partial charge on any atom is 0.0372 e. The fourth-order valence-electron chi connectivity index (χ4n) is 0.965. The maximum absolute atomic E-state index is 5.75. The quantitative estimate of drug-likeness (QED) is 0.449. The van der Waals surface area contributed by atoms with Crippen molar-refractivity contribution in [3.63, 3.8) is 0 Å². The van der Waals surface area contributed by atoms with Crippen molar-refractivity contribution in [1.82, 2.24) is 3.82 Å². The zero-order valence-corrected chi connectivity index (χ0v) is 7.27. The normalized spacial score (nSPS) is 14.8. The number of hydrogen-bond donors (Lipinski definition) is 0. The summed E-state index contributed by atoms with van der Waals surface area (Å²) in [6, 6.07) is 8.16. The number of nitrogens with zero attached hydrogens (tertiary/aromatic N) is 1. The summed E-state index contributed by atoms with van der Waals surface area (Å²) in [5.41, 5.74) is 1.23. The highest BCUT2D eigenvalue weighted by atomic mass is 35.5. The maximum atomic E-state index is 5.75. The molecule has 1 aliphatic rings. The van der Waals surface area contributed by atoms with Crippen molar-refractivity contribution in [1.29, 1.82) is 0 Å². The molecule has 0 atom stereocenters. The van der Waals surface area contributed by atoms with E-state index in [1.54, 1.807) is 3.82 Å². The Balaban J connectivity index is 2.46. The summed E-state index contributed by atoms with van der Waals surface area (Å²) >= 11 is 7.28. The van der Waals surface area contributed by atoms with E-state index in [9.17, 15) is 0 Å². The van der Waals surface area contributed by atoms with E-state index in [4.69, 9.17) is 11.8 Å². The molecule has 1 heterocycles. The van der Waals surface area contributed by atoms with Gasteiger partial charge >= 0.3 is 0 Å². The zero-order chi connectivity index (χ0) is 7.68. The largest absolute Gasteiger partial charge is 0.229 e. The van der Waals surface area contributed by atoms with Gasteiger partial charge in [-0.15, -0.1) is 0 Å². The Hall–Kier alpha value is -0.600. The van der Waals surface area contributed by atoms with Crippen LogP contribution in [0.3, 0.4) is 0 Å². The third-order valence-electron chi connectivity index (χ3n) is 1.48. The van der Waals surface area contributed by atoms with Gasteiger partial charge < -0.3 is 0 Å². The van der Waals surface area contributed by atoms with Crippen LogP contribution in [-0.4, -0.2) is 3.82 Å². The van der Waals surface area contributed by atoms with Crippen LogP contribution in [0.15, 0.2) is 35.4 Å². The van der Waals surface area contributed by atoms with Gasteiger partial charge in [0.15, 0.2) is 0 Å². The number of hydrogen-bond acceptors (Lipinski definition) is 2. The lowest BCUT2D eigenvalue weighted by molar-refractivity contribution is 1.01. The first-order valence-electron chi connectivity index (χ1n) is 3.26. The molecule has 1 aromatic rings. The van der Waals surface area contributed by atoms with E-state index in [1.807, 2.05) is 24.4 Å². The van der Waals surface area contributed by atoms with Gasteiger partial charge in [0.2, 0.25) is 0 Å². The first-order valence-corrected chi connectivity index (χ1v) is 4.37. The second-order valence-corrected chi connectivity index (χ2v) is 3.80. The number of rotatable bonds is 0. The second-order valence-electron chi connectivity index (χ2n) is 2.22. The van der Waals surface area contributed by atoms with E-state index >= 15 is 0 Å². The lowest BCUT2D eigenvalue weighted by atomic mass is 10.2. The van der Waals surface area contributed by atoms with E-state index in [1.165, 1.54) is 22.4 Å². The van der Waals surface area contributed by atoms with E-state index in [0.29, 0.717) is 0 Å². The van der Waals surface area contributed by atoms with Crippen molar-refractivity contribution in [3.05, 3.63) is 36.0 Å². The molecule has 1 aromatic carbocycles. The van der Waals surface area contributed by atoms with Crippen LogP contribution in [0.5, 0.6) is 0 Å². The van der Waals surface area contributed by atoms with Crippen molar-refractivity contribution < 1.29 is 0 Å². The molecule has 0 radical (unpaired) electrons. The smallest absolute Gasteiger partial charge is 0.0372 e. The fraction of sp³-hybridized carbons (Fsp3) is 0. The highest BCUT2D eigenvalue weighted by Gasteiger charge is 2.07.